The van der Waals surface area contributed by atoms with Gasteiger partial charge in [0.1, 0.15) is 6.26 Å². The molecule has 0 aliphatic rings. The van der Waals surface area contributed by atoms with Gasteiger partial charge in [0.2, 0.25) is 15.9 Å². The van der Waals surface area contributed by atoms with Crippen molar-refractivity contribution in [2.75, 3.05) is 24.1 Å². The highest BCUT2D eigenvalue weighted by Gasteiger charge is 2.26. The van der Waals surface area contributed by atoms with Crippen molar-refractivity contribution in [3.63, 3.8) is 0 Å². The quantitative estimate of drug-likeness (QED) is 0.280. The molecule has 1 aromatic carbocycles. The Morgan fingerprint density at radius 1 is 1.20 bits per heavy atom. The van der Waals surface area contributed by atoms with E-state index in [1.54, 1.807) is 5.01 Å². The maximum Gasteiger partial charge on any atom is 0.309 e. The Balaban J connectivity index is 2.11. The van der Waals surface area contributed by atoms with Gasteiger partial charge in [-0.05, 0) is 24.3 Å². The summed E-state index contributed by atoms with van der Waals surface area (Å²) in [6, 6.07) is 8.27. The van der Waals surface area contributed by atoms with Crippen LogP contribution in [0.1, 0.15) is 49.7 Å². The summed E-state index contributed by atoms with van der Waals surface area (Å²) in [4.78, 5) is 28.9. The number of likely N-dealkylation sites (N-methyl/N-ethyl adjacent to an activating group) is 1. The maximum atomic E-state index is 12.8. The largest absolute Gasteiger partial charge is 0.431 e. The smallest absolute Gasteiger partial charge is 0.309 e. The summed E-state index contributed by atoms with van der Waals surface area (Å²) in [6.45, 7) is 6.48. The number of hydrogen-bond acceptors (Lipinski definition) is 8. The average molecular weight is 510 g/mol. The first-order valence-electron chi connectivity index (χ1n) is 11.5. The minimum atomic E-state index is -3.62. The van der Waals surface area contributed by atoms with E-state index < -0.39 is 28.1 Å². The Hall–Kier alpha value is -2.96. The molecule has 194 valence electrons. The van der Waals surface area contributed by atoms with Gasteiger partial charge in [0.05, 0.1) is 18.4 Å². The number of nitrogens with one attached hydrogen (secondary N) is 3. The molecule has 2 amide bonds. The Morgan fingerprint density at radius 2 is 1.89 bits per heavy atom. The number of hydrogen-bond donors (Lipinski definition) is 4. The van der Waals surface area contributed by atoms with E-state index in [-0.39, 0.29) is 24.2 Å². The second-order valence-electron chi connectivity index (χ2n) is 8.76. The molecule has 2 unspecified atom stereocenters. The number of benzene rings is 1. The van der Waals surface area contributed by atoms with Crippen molar-refractivity contribution < 1.29 is 27.5 Å². The Labute approximate surface area is 206 Å². The number of nitrogens with zero attached hydrogens (tertiary/aromatic N) is 2. The molecular formula is C23H35N5O6S. The number of carbonyl (C=O) groups excluding carboxylic acids is 2. The van der Waals surface area contributed by atoms with E-state index in [2.05, 4.69) is 20.4 Å². The van der Waals surface area contributed by atoms with Crippen LogP contribution in [0.5, 0.6) is 0 Å². The molecule has 1 aromatic heterocycles. The van der Waals surface area contributed by atoms with Gasteiger partial charge in [-0.25, -0.2) is 18.1 Å². The Morgan fingerprint density at radius 3 is 2.49 bits per heavy atom. The van der Waals surface area contributed by atoms with Gasteiger partial charge < -0.3 is 14.8 Å². The van der Waals surface area contributed by atoms with E-state index in [0.29, 0.717) is 25.3 Å². The highest BCUT2D eigenvalue weighted by atomic mass is 32.2. The summed E-state index contributed by atoms with van der Waals surface area (Å²) in [6.07, 6.45) is 2.38. The lowest BCUT2D eigenvalue weighted by Gasteiger charge is -2.29. The number of rotatable bonds is 14. The number of carbonyl (C=O) groups is 2. The lowest BCUT2D eigenvalue weighted by Crippen LogP contribution is -2.53. The molecular weight excluding hydrogens is 474 g/mol. The lowest BCUT2D eigenvalue weighted by molar-refractivity contribution is -0.126. The molecule has 0 saturated heterocycles. The monoisotopic (exact) mass is 509 g/mol. The first-order chi connectivity index (χ1) is 16.5. The fraction of sp³-hybridized carbons (Fsp3) is 0.522. The molecule has 0 aliphatic carbocycles. The SMILES string of the molecule is CCN(CC(O)C(Cc1ccccc1)NC(=O)c1coc(NS(C)(=O)=O)n1)NC(=O)CCC(C)C. The van der Waals surface area contributed by atoms with Gasteiger partial charge in [-0.2, -0.15) is 4.98 Å². The first kappa shape index (κ1) is 28.3. The van der Waals surface area contributed by atoms with Gasteiger partial charge in [0.25, 0.3) is 5.91 Å². The zero-order valence-corrected chi connectivity index (χ0v) is 21.3. The van der Waals surface area contributed by atoms with Gasteiger partial charge >= 0.3 is 6.01 Å². The van der Waals surface area contributed by atoms with Gasteiger partial charge in [-0.1, -0.05) is 51.1 Å². The molecule has 0 saturated carbocycles. The Kier molecular flexibility index (Phi) is 10.7. The van der Waals surface area contributed by atoms with Crippen LogP contribution in [0, 0.1) is 5.92 Å². The van der Waals surface area contributed by atoms with E-state index >= 15 is 0 Å². The van der Waals surface area contributed by atoms with Crippen LogP contribution in [0.3, 0.4) is 0 Å². The van der Waals surface area contributed by atoms with E-state index in [1.165, 1.54) is 0 Å². The number of amides is 2. The zero-order chi connectivity index (χ0) is 26.0. The summed E-state index contributed by atoms with van der Waals surface area (Å²) >= 11 is 0. The molecule has 2 atom stereocenters. The molecule has 0 spiro atoms. The van der Waals surface area contributed by atoms with Crippen molar-refractivity contribution in [1.29, 1.82) is 0 Å². The minimum absolute atomic E-state index is 0.0847. The molecule has 0 bridgehead atoms. The van der Waals surface area contributed by atoms with Crippen molar-refractivity contribution >= 4 is 27.9 Å². The van der Waals surface area contributed by atoms with E-state index in [9.17, 15) is 23.1 Å². The second kappa shape index (κ2) is 13.2. The summed E-state index contributed by atoms with van der Waals surface area (Å²) in [5, 5.41) is 15.4. The third-order valence-corrected chi connectivity index (χ3v) is 5.66. The lowest BCUT2D eigenvalue weighted by atomic mass is 10.0. The fourth-order valence-corrected chi connectivity index (χ4v) is 3.65. The topological polar surface area (TPSA) is 154 Å². The third-order valence-electron chi connectivity index (χ3n) is 5.11. The zero-order valence-electron chi connectivity index (χ0n) is 20.5. The van der Waals surface area contributed by atoms with E-state index in [0.717, 1.165) is 24.5 Å². The summed E-state index contributed by atoms with van der Waals surface area (Å²) in [5.74, 6) is -0.374. The first-order valence-corrected chi connectivity index (χ1v) is 13.4. The van der Waals surface area contributed by atoms with Crippen LogP contribution in [0.2, 0.25) is 0 Å². The van der Waals surface area contributed by atoms with Gasteiger partial charge in [0.15, 0.2) is 5.69 Å². The summed E-state index contributed by atoms with van der Waals surface area (Å²) < 4.78 is 29.8. The van der Waals surface area contributed by atoms with Crippen LogP contribution < -0.4 is 15.5 Å². The Bertz CT molecular complexity index is 1060. The van der Waals surface area contributed by atoms with Crippen LogP contribution in [-0.4, -0.2) is 66.8 Å². The number of hydrazine groups is 1. The van der Waals surface area contributed by atoms with Gasteiger partial charge in [-0.15, -0.1) is 0 Å². The predicted molar refractivity (Wildman–Crippen MR) is 132 cm³/mol. The highest BCUT2D eigenvalue weighted by Crippen LogP contribution is 2.12. The molecule has 1 heterocycles. The molecule has 11 nitrogen and oxygen atoms in total. The molecule has 2 rings (SSSR count). The van der Waals surface area contributed by atoms with Gasteiger partial charge in [-0.3, -0.25) is 15.0 Å². The normalized spacial score (nSPS) is 13.5. The summed E-state index contributed by atoms with van der Waals surface area (Å²) in [7, 11) is -3.62. The molecule has 4 N–H and O–H groups in total. The van der Waals surface area contributed by atoms with Crippen LogP contribution in [-0.2, 0) is 21.2 Å². The molecule has 12 heteroatoms. The number of aliphatic hydroxyl groups is 1. The van der Waals surface area contributed by atoms with Crippen molar-refractivity contribution in [2.24, 2.45) is 5.92 Å². The van der Waals surface area contributed by atoms with Crippen LogP contribution in [0.15, 0.2) is 41.0 Å². The number of aromatic nitrogens is 1. The second-order valence-corrected chi connectivity index (χ2v) is 10.5. The van der Waals surface area contributed by atoms with Crippen molar-refractivity contribution in [3.05, 3.63) is 47.9 Å². The third kappa shape index (κ3) is 10.5. The highest BCUT2D eigenvalue weighted by molar-refractivity contribution is 7.91. The molecule has 0 radical (unpaired) electrons. The maximum absolute atomic E-state index is 12.8. The molecule has 0 fully saturated rings. The number of aliphatic hydroxyl groups excluding tert-OH is 1. The number of sulfonamides is 1. The fourth-order valence-electron chi connectivity index (χ4n) is 3.24. The average Bonchev–Trinajstić information content (AvgIpc) is 3.24. The minimum Gasteiger partial charge on any atom is -0.431 e. The molecule has 35 heavy (non-hydrogen) atoms. The summed E-state index contributed by atoms with van der Waals surface area (Å²) in [5.41, 5.74) is 3.56. The predicted octanol–water partition coefficient (Wildman–Crippen LogP) is 1.54. The van der Waals surface area contributed by atoms with Crippen LogP contribution in [0.4, 0.5) is 6.01 Å². The van der Waals surface area contributed by atoms with E-state index in [4.69, 9.17) is 4.42 Å². The van der Waals surface area contributed by atoms with Crippen molar-refractivity contribution in [3.8, 4) is 0 Å². The number of oxazole rings is 1. The van der Waals surface area contributed by atoms with Gasteiger partial charge in [0, 0.05) is 19.5 Å². The van der Waals surface area contributed by atoms with Crippen LogP contribution >= 0.6 is 0 Å². The van der Waals surface area contributed by atoms with Crippen molar-refractivity contribution in [2.45, 2.75) is 52.2 Å². The van der Waals surface area contributed by atoms with Crippen molar-refractivity contribution in [1.82, 2.24) is 20.7 Å². The number of anilines is 1. The molecule has 2 aromatic rings. The molecule has 0 aliphatic heterocycles. The standard InChI is InChI=1S/C23H35N5O6S/c1-5-28(26-21(30)12-11-16(2)3)14-20(29)18(13-17-9-7-6-8-10-17)24-22(31)19-15-34-23(25-19)27-35(4,32)33/h6-10,15-16,18,20,29H,5,11-14H2,1-4H3,(H,24,31)(H,25,27)(H,26,30). The van der Waals surface area contributed by atoms with Crippen LogP contribution in [0.25, 0.3) is 0 Å². The van der Waals surface area contributed by atoms with E-state index in [1.807, 2.05) is 51.1 Å².